The number of nitrogens with zero attached hydrogens (tertiary/aromatic N) is 2. The normalized spacial score (nSPS) is 15.7. The van der Waals surface area contributed by atoms with Crippen molar-refractivity contribution in [1.29, 1.82) is 0 Å². The zero-order chi connectivity index (χ0) is 21.6. The number of carbonyl (C=O) groups excluding carboxylic acids is 2. The average Bonchev–Trinajstić information content (AvgIpc) is 2.72. The average molecular weight is 407 g/mol. The first kappa shape index (κ1) is 21.8. The monoisotopic (exact) mass is 406 g/mol. The predicted octanol–water partition coefficient (Wildman–Crippen LogP) is 5.23. The molecule has 3 rings (SSSR count). The topological polar surface area (TPSA) is 59.5 Å². The Balaban J connectivity index is 1.66. The van der Waals surface area contributed by atoms with Gasteiger partial charge in [0.15, 0.2) is 5.78 Å². The summed E-state index contributed by atoms with van der Waals surface area (Å²) in [5.41, 5.74) is 2.09. The molecule has 1 aliphatic heterocycles. The molecule has 1 saturated heterocycles. The molecule has 0 spiro atoms. The molecule has 30 heavy (non-hydrogen) atoms. The van der Waals surface area contributed by atoms with Crippen LogP contribution < -0.4 is 0 Å². The third kappa shape index (κ3) is 6.28. The fourth-order valence-electron chi connectivity index (χ4n) is 3.59. The maximum absolute atomic E-state index is 13.2. The first-order chi connectivity index (χ1) is 14.3. The van der Waals surface area contributed by atoms with Crippen LogP contribution in [0.15, 0.2) is 54.9 Å². The first-order valence-corrected chi connectivity index (χ1v) is 10.5. The molecule has 5 nitrogen and oxygen atoms in total. The number of Topliss-reactive ketones (excluding diaryl/α,β-unsaturated/α-hetero) is 1. The van der Waals surface area contributed by atoms with Crippen molar-refractivity contribution in [2.45, 2.75) is 45.6 Å². The number of ether oxygens (including phenoxy) is 1. The molecular formula is C25H30N2O3. The number of hydrogen-bond donors (Lipinski definition) is 0. The van der Waals surface area contributed by atoms with Crippen LogP contribution >= 0.6 is 0 Å². The number of carbonyl (C=O) groups is 2. The third-order valence-corrected chi connectivity index (χ3v) is 5.14. The quantitative estimate of drug-likeness (QED) is 0.638. The van der Waals surface area contributed by atoms with Crippen LogP contribution in [0.5, 0.6) is 0 Å². The van der Waals surface area contributed by atoms with Crippen molar-refractivity contribution < 1.29 is 14.3 Å². The van der Waals surface area contributed by atoms with E-state index in [2.05, 4.69) is 4.98 Å². The molecule has 158 valence electrons. The molecular weight excluding hydrogens is 376 g/mol. The number of allylic oxidation sites excluding steroid dienone is 1. The summed E-state index contributed by atoms with van der Waals surface area (Å²) in [6.07, 6.45) is 7.19. The summed E-state index contributed by atoms with van der Waals surface area (Å²) < 4.78 is 5.46. The lowest BCUT2D eigenvalue weighted by Gasteiger charge is -2.33. The zero-order valence-electron chi connectivity index (χ0n) is 18.0. The van der Waals surface area contributed by atoms with Gasteiger partial charge in [0, 0.05) is 37.5 Å². The largest absolute Gasteiger partial charge is 0.444 e. The van der Waals surface area contributed by atoms with Gasteiger partial charge in [-0.05, 0) is 68.9 Å². The highest BCUT2D eigenvalue weighted by molar-refractivity contribution is 6.25. The van der Waals surface area contributed by atoms with Crippen LogP contribution in [0.25, 0.3) is 11.6 Å². The number of aromatic nitrogens is 1. The first-order valence-electron chi connectivity index (χ1n) is 10.5. The molecule has 1 aromatic heterocycles. The Morgan fingerprint density at radius 1 is 1.07 bits per heavy atom. The standard InChI is InChI=1S/C25H30N2O3/c1-25(2,3)30-24(29)27-15-11-20(12-16-27)18-23(28)22(21-9-13-26-14-10-21)17-19-7-5-4-6-8-19/h4-10,13-14,17,20H,11-12,15-16,18H2,1-3H3. The van der Waals surface area contributed by atoms with Crippen LogP contribution in [0.3, 0.4) is 0 Å². The van der Waals surface area contributed by atoms with Gasteiger partial charge in [0.25, 0.3) is 0 Å². The van der Waals surface area contributed by atoms with E-state index in [4.69, 9.17) is 4.74 Å². The highest BCUT2D eigenvalue weighted by Crippen LogP contribution is 2.27. The Morgan fingerprint density at radius 3 is 2.30 bits per heavy atom. The van der Waals surface area contributed by atoms with Crippen molar-refractivity contribution in [2.24, 2.45) is 5.92 Å². The molecule has 2 heterocycles. The van der Waals surface area contributed by atoms with Crippen LogP contribution in [-0.4, -0.2) is 40.5 Å². The summed E-state index contributed by atoms with van der Waals surface area (Å²) in [4.78, 5) is 31.3. The van der Waals surface area contributed by atoms with E-state index in [9.17, 15) is 9.59 Å². The van der Waals surface area contributed by atoms with Crippen molar-refractivity contribution in [3.8, 4) is 0 Å². The van der Waals surface area contributed by atoms with Crippen molar-refractivity contribution >= 4 is 23.5 Å². The molecule has 0 unspecified atom stereocenters. The van der Waals surface area contributed by atoms with Gasteiger partial charge in [-0.2, -0.15) is 0 Å². The predicted molar refractivity (Wildman–Crippen MR) is 119 cm³/mol. The minimum atomic E-state index is -0.494. The Labute approximate surface area is 178 Å². The fourth-order valence-corrected chi connectivity index (χ4v) is 3.59. The van der Waals surface area contributed by atoms with Gasteiger partial charge in [-0.1, -0.05) is 30.3 Å². The van der Waals surface area contributed by atoms with E-state index in [0.717, 1.165) is 24.0 Å². The van der Waals surface area contributed by atoms with Crippen LogP contribution in [0.1, 0.15) is 51.2 Å². The van der Waals surface area contributed by atoms with Crippen LogP contribution in [0.4, 0.5) is 4.79 Å². The number of pyridine rings is 1. The number of piperidine rings is 1. The molecule has 0 N–H and O–H groups in total. The molecule has 1 aromatic carbocycles. The molecule has 0 bridgehead atoms. The summed E-state index contributed by atoms with van der Waals surface area (Å²) >= 11 is 0. The van der Waals surface area contributed by atoms with Gasteiger partial charge in [0.2, 0.25) is 0 Å². The molecule has 5 heteroatoms. The maximum Gasteiger partial charge on any atom is 0.410 e. The van der Waals surface area contributed by atoms with Gasteiger partial charge in [-0.25, -0.2) is 4.79 Å². The second kappa shape index (κ2) is 9.70. The number of rotatable bonds is 5. The second-order valence-electron chi connectivity index (χ2n) is 8.74. The fraction of sp³-hybridized carbons (Fsp3) is 0.400. The summed E-state index contributed by atoms with van der Waals surface area (Å²) in [5.74, 6) is 0.387. The number of benzene rings is 1. The van der Waals surface area contributed by atoms with Gasteiger partial charge in [0.05, 0.1) is 0 Å². The van der Waals surface area contributed by atoms with Crippen LogP contribution in [-0.2, 0) is 9.53 Å². The third-order valence-electron chi connectivity index (χ3n) is 5.14. The Hall–Kier alpha value is -2.95. The highest BCUT2D eigenvalue weighted by atomic mass is 16.6. The zero-order valence-corrected chi connectivity index (χ0v) is 18.0. The van der Waals surface area contributed by atoms with Crippen molar-refractivity contribution in [2.75, 3.05) is 13.1 Å². The van der Waals surface area contributed by atoms with E-state index in [1.165, 1.54) is 0 Å². The van der Waals surface area contributed by atoms with E-state index in [0.29, 0.717) is 25.1 Å². The van der Waals surface area contributed by atoms with Gasteiger partial charge in [-0.3, -0.25) is 9.78 Å². The number of amides is 1. The number of ketones is 1. The van der Waals surface area contributed by atoms with Crippen molar-refractivity contribution in [3.63, 3.8) is 0 Å². The minimum Gasteiger partial charge on any atom is -0.444 e. The molecule has 1 fully saturated rings. The van der Waals surface area contributed by atoms with E-state index in [1.54, 1.807) is 17.3 Å². The maximum atomic E-state index is 13.2. The van der Waals surface area contributed by atoms with Crippen molar-refractivity contribution in [1.82, 2.24) is 9.88 Å². The Morgan fingerprint density at radius 2 is 1.70 bits per heavy atom. The highest BCUT2D eigenvalue weighted by Gasteiger charge is 2.28. The van der Waals surface area contributed by atoms with Gasteiger partial charge in [-0.15, -0.1) is 0 Å². The Kier molecular flexibility index (Phi) is 7.03. The minimum absolute atomic E-state index is 0.126. The van der Waals surface area contributed by atoms with Gasteiger partial charge >= 0.3 is 6.09 Å². The van der Waals surface area contributed by atoms with E-state index < -0.39 is 5.60 Å². The lowest BCUT2D eigenvalue weighted by molar-refractivity contribution is -0.114. The summed E-state index contributed by atoms with van der Waals surface area (Å²) in [6.45, 7) is 6.86. The van der Waals surface area contributed by atoms with E-state index in [1.807, 2.05) is 69.3 Å². The van der Waals surface area contributed by atoms with Gasteiger partial charge < -0.3 is 9.64 Å². The molecule has 0 saturated carbocycles. The van der Waals surface area contributed by atoms with Crippen LogP contribution in [0.2, 0.25) is 0 Å². The molecule has 0 aliphatic carbocycles. The molecule has 2 aromatic rings. The van der Waals surface area contributed by atoms with E-state index >= 15 is 0 Å². The number of hydrogen-bond acceptors (Lipinski definition) is 4. The molecule has 1 amide bonds. The molecule has 0 atom stereocenters. The molecule has 0 radical (unpaired) electrons. The lowest BCUT2D eigenvalue weighted by Crippen LogP contribution is -2.42. The van der Waals surface area contributed by atoms with E-state index in [-0.39, 0.29) is 17.8 Å². The SMILES string of the molecule is CC(C)(C)OC(=O)N1CCC(CC(=O)C(=Cc2ccccc2)c2ccncc2)CC1. The lowest BCUT2D eigenvalue weighted by atomic mass is 9.87. The Bertz CT molecular complexity index is 878. The van der Waals surface area contributed by atoms with Crippen molar-refractivity contribution in [3.05, 3.63) is 66.0 Å². The summed E-state index contributed by atoms with van der Waals surface area (Å²) in [6, 6.07) is 13.6. The second-order valence-corrected chi connectivity index (χ2v) is 8.74. The van der Waals surface area contributed by atoms with Crippen LogP contribution in [0, 0.1) is 5.92 Å². The summed E-state index contributed by atoms with van der Waals surface area (Å²) in [5, 5.41) is 0. The molecule has 1 aliphatic rings. The van der Waals surface area contributed by atoms with Gasteiger partial charge in [0.1, 0.15) is 5.60 Å². The summed E-state index contributed by atoms with van der Waals surface area (Å²) in [7, 11) is 0. The number of likely N-dealkylation sites (tertiary alicyclic amines) is 1. The smallest absolute Gasteiger partial charge is 0.410 e.